The van der Waals surface area contributed by atoms with Gasteiger partial charge in [-0.25, -0.2) is 0 Å². The van der Waals surface area contributed by atoms with Crippen molar-refractivity contribution in [1.82, 2.24) is 4.98 Å². The number of carbonyl (C=O) groups excluding carboxylic acids is 1. The van der Waals surface area contributed by atoms with Gasteiger partial charge in [-0.3, -0.25) is 9.78 Å². The molecule has 1 aromatic heterocycles. The predicted molar refractivity (Wildman–Crippen MR) is 76.3 cm³/mol. The van der Waals surface area contributed by atoms with Crippen molar-refractivity contribution >= 4 is 5.78 Å². The van der Waals surface area contributed by atoms with Crippen LogP contribution in [0.2, 0.25) is 0 Å². The lowest BCUT2D eigenvalue weighted by Gasteiger charge is -2.18. The molecule has 0 amide bonds. The average Bonchev–Trinajstić information content (AvgIpc) is 2.54. The van der Waals surface area contributed by atoms with Crippen LogP contribution in [-0.2, 0) is 0 Å². The highest BCUT2D eigenvalue weighted by atomic mass is 16.6. The molecule has 0 radical (unpaired) electrons. The van der Waals surface area contributed by atoms with Gasteiger partial charge >= 0.3 is 0 Å². The van der Waals surface area contributed by atoms with Gasteiger partial charge in [0.1, 0.15) is 19.0 Å². The van der Waals surface area contributed by atoms with E-state index in [1.807, 2.05) is 6.92 Å². The summed E-state index contributed by atoms with van der Waals surface area (Å²) in [6.07, 6.45) is 3.12. The Labute approximate surface area is 122 Å². The molecule has 0 saturated carbocycles. The standard InChI is InChI=1S/C16H15NO4/c1-2-19-13-7-12(9-17-10-13)16(18)11-3-4-14-15(8-11)21-6-5-20-14/h3-4,7-10H,2,5-6H2,1H3. The van der Waals surface area contributed by atoms with Crippen LogP contribution < -0.4 is 14.2 Å². The quantitative estimate of drug-likeness (QED) is 0.808. The summed E-state index contributed by atoms with van der Waals surface area (Å²) in [7, 11) is 0. The molecular formula is C16H15NO4. The van der Waals surface area contributed by atoms with Crippen molar-refractivity contribution in [2.24, 2.45) is 0 Å². The van der Waals surface area contributed by atoms with Crippen molar-refractivity contribution in [3.8, 4) is 17.2 Å². The Morgan fingerprint density at radius 1 is 1.14 bits per heavy atom. The SMILES string of the molecule is CCOc1cncc(C(=O)c2ccc3c(c2)OCCO3)c1. The Morgan fingerprint density at radius 2 is 1.95 bits per heavy atom. The van der Waals surface area contributed by atoms with E-state index in [9.17, 15) is 4.79 Å². The van der Waals surface area contributed by atoms with Gasteiger partial charge in [0, 0.05) is 17.3 Å². The minimum absolute atomic E-state index is 0.124. The van der Waals surface area contributed by atoms with Crippen molar-refractivity contribution in [2.75, 3.05) is 19.8 Å². The zero-order valence-electron chi connectivity index (χ0n) is 11.7. The van der Waals surface area contributed by atoms with Crippen LogP contribution in [0.3, 0.4) is 0 Å². The van der Waals surface area contributed by atoms with E-state index in [0.29, 0.717) is 48.2 Å². The van der Waals surface area contributed by atoms with E-state index < -0.39 is 0 Å². The second-order valence-electron chi connectivity index (χ2n) is 4.53. The topological polar surface area (TPSA) is 57.7 Å². The van der Waals surface area contributed by atoms with Crippen molar-refractivity contribution < 1.29 is 19.0 Å². The first-order valence-corrected chi connectivity index (χ1v) is 6.80. The van der Waals surface area contributed by atoms with Crippen LogP contribution in [0.15, 0.2) is 36.7 Å². The number of ketones is 1. The molecular weight excluding hydrogens is 270 g/mol. The van der Waals surface area contributed by atoms with Crippen molar-refractivity contribution in [1.29, 1.82) is 0 Å². The molecule has 1 aliphatic rings. The van der Waals surface area contributed by atoms with E-state index in [1.54, 1.807) is 30.5 Å². The maximum atomic E-state index is 12.5. The maximum absolute atomic E-state index is 12.5. The lowest BCUT2D eigenvalue weighted by atomic mass is 10.0. The summed E-state index contributed by atoms with van der Waals surface area (Å²) in [6, 6.07) is 6.87. The van der Waals surface area contributed by atoms with Crippen molar-refractivity contribution in [3.63, 3.8) is 0 Å². The molecule has 0 fully saturated rings. The number of benzene rings is 1. The number of aromatic nitrogens is 1. The van der Waals surface area contributed by atoms with Crippen molar-refractivity contribution in [3.05, 3.63) is 47.8 Å². The first-order valence-electron chi connectivity index (χ1n) is 6.80. The van der Waals surface area contributed by atoms with E-state index in [4.69, 9.17) is 14.2 Å². The largest absolute Gasteiger partial charge is 0.492 e. The fraction of sp³-hybridized carbons (Fsp3) is 0.250. The third-order valence-corrected chi connectivity index (χ3v) is 3.09. The van der Waals surface area contributed by atoms with Crippen LogP contribution in [0.5, 0.6) is 17.2 Å². The zero-order valence-corrected chi connectivity index (χ0v) is 11.7. The molecule has 0 bridgehead atoms. The second kappa shape index (κ2) is 5.83. The van der Waals surface area contributed by atoms with E-state index in [0.717, 1.165) is 0 Å². The molecule has 2 heterocycles. The monoisotopic (exact) mass is 285 g/mol. The summed E-state index contributed by atoms with van der Waals surface area (Å²) in [5.41, 5.74) is 1.02. The summed E-state index contributed by atoms with van der Waals surface area (Å²) < 4.78 is 16.3. The molecule has 5 nitrogen and oxygen atoms in total. The zero-order chi connectivity index (χ0) is 14.7. The van der Waals surface area contributed by atoms with Crippen LogP contribution >= 0.6 is 0 Å². The van der Waals surface area contributed by atoms with Gasteiger partial charge in [-0.05, 0) is 31.2 Å². The van der Waals surface area contributed by atoms with Crippen LogP contribution in [0, 0.1) is 0 Å². The van der Waals surface area contributed by atoms with Crippen molar-refractivity contribution in [2.45, 2.75) is 6.92 Å². The first kappa shape index (κ1) is 13.4. The first-order chi connectivity index (χ1) is 10.3. The fourth-order valence-electron chi connectivity index (χ4n) is 2.14. The molecule has 3 rings (SSSR count). The molecule has 0 N–H and O–H groups in total. The Hall–Kier alpha value is -2.56. The third-order valence-electron chi connectivity index (χ3n) is 3.09. The molecule has 0 saturated heterocycles. The second-order valence-corrected chi connectivity index (χ2v) is 4.53. The average molecular weight is 285 g/mol. The Morgan fingerprint density at radius 3 is 2.76 bits per heavy atom. The third kappa shape index (κ3) is 2.81. The van der Waals surface area contributed by atoms with Crippen LogP contribution in [0.1, 0.15) is 22.8 Å². The number of rotatable bonds is 4. The number of ether oxygens (including phenoxy) is 3. The fourth-order valence-corrected chi connectivity index (χ4v) is 2.14. The smallest absolute Gasteiger partial charge is 0.194 e. The molecule has 21 heavy (non-hydrogen) atoms. The van der Waals surface area contributed by atoms with E-state index in [1.165, 1.54) is 6.20 Å². The highest BCUT2D eigenvalue weighted by molar-refractivity contribution is 6.09. The molecule has 1 aromatic carbocycles. The Bertz CT molecular complexity index is 669. The minimum atomic E-state index is -0.124. The van der Waals surface area contributed by atoms with Gasteiger partial charge in [0.05, 0.1) is 12.8 Å². The van der Waals surface area contributed by atoms with Gasteiger partial charge in [-0.2, -0.15) is 0 Å². The minimum Gasteiger partial charge on any atom is -0.492 e. The maximum Gasteiger partial charge on any atom is 0.194 e. The number of hydrogen-bond acceptors (Lipinski definition) is 5. The molecule has 1 aliphatic heterocycles. The van der Waals surface area contributed by atoms with Gasteiger partial charge < -0.3 is 14.2 Å². The van der Waals surface area contributed by atoms with E-state index in [-0.39, 0.29) is 5.78 Å². The summed E-state index contributed by atoms with van der Waals surface area (Å²) in [4.78, 5) is 16.5. The normalized spacial score (nSPS) is 12.8. The van der Waals surface area contributed by atoms with E-state index in [2.05, 4.69) is 4.98 Å². The summed E-state index contributed by atoms with van der Waals surface area (Å²) in [5.74, 6) is 1.72. The van der Waals surface area contributed by atoms with Gasteiger partial charge in [-0.15, -0.1) is 0 Å². The summed E-state index contributed by atoms with van der Waals surface area (Å²) >= 11 is 0. The number of hydrogen-bond donors (Lipinski definition) is 0. The lowest BCUT2D eigenvalue weighted by Crippen LogP contribution is -2.16. The van der Waals surface area contributed by atoms with Crippen LogP contribution in [-0.4, -0.2) is 30.6 Å². The van der Waals surface area contributed by atoms with Gasteiger partial charge in [0.25, 0.3) is 0 Å². The highest BCUT2D eigenvalue weighted by Gasteiger charge is 2.16. The van der Waals surface area contributed by atoms with Gasteiger partial charge in [0.15, 0.2) is 17.3 Å². The molecule has 0 atom stereocenters. The lowest BCUT2D eigenvalue weighted by molar-refractivity contribution is 0.103. The van der Waals surface area contributed by atoms with E-state index >= 15 is 0 Å². The molecule has 2 aromatic rings. The Balaban J connectivity index is 1.89. The number of carbonyl (C=O) groups is 1. The molecule has 108 valence electrons. The van der Waals surface area contributed by atoms with Gasteiger partial charge in [0.2, 0.25) is 0 Å². The molecule has 5 heteroatoms. The molecule has 0 unspecified atom stereocenters. The summed E-state index contributed by atoms with van der Waals surface area (Å²) in [5, 5.41) is 0. The summed E-state index contributed by atoms with van der Waals surface area (Å²) in [6.45, 7) is 3.44. The van der Waals surface area contributed by atoms with Crippen LogP contribution in [0.25, 0.3) is 0 Å². The number of pyridine rings is 1. The molecule has 0 spiro atoms. The predicted octanol–water partition coefficient (Wildman–Crippen LogP) is 2.48. The highest BCUT2D eigenvalue weighted by Crippen LogP contribution is 2.31. The number of nitrogens with zero attached hydrogens (tertiary/aromatic N) is 1. The number of fused-ring (bicyclic) bond motifs is 1. The molecule has 0 aliphatic carbocycles. The van der Waals surface area contributed by atoms with Crippen LogP contribution in [0.4, 0.5) is 0 Å². The Kier molecular flexibility index (Phi) is 3.73. The van der Waals surface area contributed by atoms with Gasteiger partial charge in [-0.1, -0.05) is 0 Å².